The van der Waals surface area contributed by atoms with Crippen molar-refractivity contribution in [2.45, 2.75) is 13.3 Å². The predicted octanol–water partition coefficient (Wildman–Crippen LogP) is 2.56. The second-order valence-electron chi connectivity index (χ2n) is 6.24. The van der Waals surface area contributed by atoms with Crippen molar-refractivity contribution < 1.29 is 4.74 Å². The lowest BCUT2D eigenvalue weighted by Crippen LogP contribution is -2.47. The standard InChI is InChI=1S/C19H26N4O/c1-16-6-7-17(15-18(16)20)24-14-4-9-22-10-12-23(13-11-22)19-5-2-3-8-21-19/h2-3,5-8,15H,4,9-14,20H2,1H3. The lowest BCUT2D eigenvalue weighted by Gasteiger charge is -2.35. The number of pyridine rings is 1. The number of rotatable bonds is 6. The molecule has 128 valence electrons. The van der Waals surface area contributed by atoms with Gasteiger partial charge in [0.15, 0.2) is 0 Å². The monoisotopic (exact) mass is 326 g/mol. The average molecular weight is 326 g/mol. The molecule has 5 heteroatoms. The summed E-state index contributed by atoms with van der Waals surface area (Å²) in [5.41, 5.74) is 7.79. The van der Waals surface area contributed by atoms with Crippen LogP contribution in [-0.2, 0) is 0 Å². The number of hydrogen-bond donors (Lipinski definition) is 1. The first-order chi connectivity index (χ1) is 11.7. The summed E-state index contributed by atoms with van der Waals surface area (Å²) in [7, 11) is 0. The van der Waals surface area contributed by atoms with Gasteiger partial charge in [0.1, 0.15) is 11.6 Å². The minimum absolute atomic E-state index is 0.725. The van der Waals surface area contributed by atoms with Gasteiger partial charge >= 0.3 is 0 Å². The zero-order valence-electron chi connectivity index (χ0n) is 14.3. The van der Waals surface area contributed by atoms with E-state index in [-0.39, 0.29) is 0 Å². The second-order valence-corrected chi connectivity index (χ2v) is 6.24. The minimum Gasteiger partial charge on any atom is -0.493 e. The zero-order valence-corrected chi connectivity index (χ0v) is 14.3. The molecule has 0 unspecified atom stereocenters. The molecule has 1 fully saturated rings. The molecule has 0 bridgehead atoms. The Hall–Kier alpha value is -2.27. The van der Waals surface area contributed by atoms with Gasteiger partial charge in [0.25, 0.3) is 0 Å². The molecular weight excluding hydrogens is 300 g/mol. The maximum absolute atomic E-state index is 5.90. The molecule has 5 nitrogen and oxygen atoms in total. The van der Waals surface area contributed by atoms with Gasteiger partial charge in [-0.3, -0.25) is 4.90 Å². The smallest absolute Gasteiger partial charge is 0.128 e. The number of nitrogens with zero attached hydrogens (tertiary/aromatic N) is 3. The zero-order chi connectivity index (χ0) is 16.8. The predicted molar refractivity (Wildman–Crippen MR) is 98.6 cm³/mol. The molecule has 2 heterocycles. The van der Waals surface area contributed by atoms with Gasteiger partial charge in [-0.1, -0.05) is 12.1 Å². The number of nitrogen functional groups attached to an aromatic ring is 1. The quantitative estimate of drug-likeness (QED) is 0.653. The van der Waals surface area contributed by atoms with Crippen molar-refractivity contribution in [1.29, 1.82) is 0 Å². The Morgan fingerprint density at radius 2 is 1.96 bits per heavy atom. The van der Waals surface area contributed by atoms with Gasteiger partial charge < -0.3 is 15.4 Å². The summed E-state index contributed by atoms with van der Waals surface area (Å²) in [6.45, 7) is 8.02. The summed E-state index contributed by atoms with van der Waals surface area (Å²) in [4.78, 5) is 9.27. The highest BCUT2D eigenvalue weighted by molar-refractivity contribution is 5.50. The van der Waals surface area contributed by atoms with E-state index >= 15 is 0 Å². The molecule has 1 aliphatic heterocycles. The molecule has 1 aliphatic rings. The first-order valence-electron chi connectivity index (χ1n) is 8.59. The lowest BCUT2D eigenvalue weighted by molar-refractivity contribution is 0.224. The SMILES string of the molecule is Cc1ccc(OCCCN2CCN(c3ccccn3)CC2)cc1N. The van der Waals surface area contributed by atoms with Gasteiger partial charge in [-0.05, 0) is 37.1 Å². The van der Waals surface area contributed by atoms with E-state index in [0.717, 1.165) is 68.6 Å². The highest BCUT2D eigenvalue weighted by Crippen LogP contribution is 2.19. The Labute approximate surface area is 144 Å². The highest BCUT2D eigenvalue weighted by atomic mass is 16.5. The van der Waals surface area contributed by atoms with E-state index in [0.29, 0.717) is 0 Å². The molecule has 24 heavy (non-hydrogen) atoms. The second kappa shape index (κ2) is 8.02. The fourth-order valence-corrected chi connectivity index (χ4v) is 2.93. The topological polar surface area (TPSA) is 54.6 Å². The van der Waals surface area contributed by atoms with E-state index in [2.05, 4.69) is 20.9 Å². The van der Waals surface area contributed by atoms with Gasteiger partial charge in [0.2, 0.25) is 0 Å². The molecule has 2 aromatic rings. The van der Waals surface area contributed by atoms with Crippen LogP contribution in [0.25, 0.3) is 0 Å². The summed E-state index contributed by atoms with van der Waals surface area (Å²) < 4.78 is 5.80. The van der Waals surface area contributed by atoms with Crippen LogP contribution in [0, 0.1) is 6.92 Å². The van der Waals surface area contributed by atoms with Gasteiger partial charge in [-0.15, -0.1) is 0 Å². The molecule has 1 aromatic carbocycles. The molecule has 3 rings (SSSR count). The largest absolute Gasteiger partial charge is 0.493 e. The summed E-state index contributed by atoms with van der Waals surface area (Å²) >= 11 is 0. The molecule has 1 saturated heterocycles. The van der Waals surface area contributed by atoms with Crippen molar-refractivity contribution in [1.82, 2.24) is 9.88 Å². The molecule has 0 saturated carbocycles. The van der Waals surface area contributed by atoms with Gasteiger partial charge in [-0.25, -0.2) is 4.98 Å². The number of aryl methyl sites for hydroxylation is 1. The van der Waals surface area contributed by atoms with Gasteiger partial charge in [0.05, 0.1) is 6.61 Å². The molecule has 1 aromatic heterocycles. The van der Waals surface area contributed by atoms with Crippen molar-refractivity contribution in [2.24, 2.45) is 0 Å². The molecule has 0 radical (unpaired) electrons. The van der Waals surface area contributed by atoms with Crippen molar-refractivity contribution >= 4 is 11.5 Å². The maximum atomic E-state index is 5.90. The fourth-order valence-electron chi connectivity index (χ4n) is 2.93. The van der Waals surface area contributed by atoms with Gasteiger partial charge in [0, 0.05) is 50.7 Å². The number of ether oxygens (including phenoxy) is 1. The Morgan fingerprint density at radius 3 is 2.67 bits per heavy atom. The van der Waals surface area contributed by atoms with E-state index in [1.807, 2.05) is 43.5 Å². The normalized spacial score (nSPS) is 15.5. The highest BCUT2D eigenvalue weighted by Gasteiger charge is 2.17. The lowest BCUT2D eigenvalue weighted by atomic mass is 10.2. The van der Waals surface area contributed by atoms with Crippen LogP contribution in [0.5, 0.6) is 5.75 Å². The molecule has 0 spiro atoms. The van der Waals surface area contributed by atoms with Crippen LogP contribution >= 0.6 is 0 Å². The van der Waals surface area contributed by atoms with E-state index in [4.69, 9.17) is 10.5 Å². The Balaban J connectivity index is 1.35. The van der Waals surface area contributed by atoms with Crippen LogP contribution in [0.15, 0.2) is 42.6 Å². The van der Waals surface area contributed by atoms with Crippen molar-refractivity contribution in [3.8, 4) is 5.75 Å². The van der Waals surface area contributed by atoms with Crippen molar-refractivity contribution in [3.05, 3.63) is 48.2 Å². The molecule has 0 atom stereocenters. The summed E-state index contributed by atoms with van der Waals surface area (Å²) in [5.74, 6) is 1.94. The number of aromatic nitrogens is 1. The Morgan fingerprint density at radius 1 is 1.12 bits per heavy atom. The van der Waals surface area contributed by atoms with Crippen LogP contribution < -0.4 is 15.4 Å². The van der Waals surface area contributed by atoms with Crippen LogP contribution in [0.3, 0.4) is 0 Å². The van der Waals surface area contributed by atoms with Crippen molar-refractivity contribution in [3.63, 3.8) is 0 Å². The fraction of sp³-hybridized carbons (Fsp3) is 0.421. The van der Waals surface area contributed by atoms with E-state index in [1.165, 1.54) is 0 Å². The number of nitrogens with two attached hydrogens (primary N) is 1. The number of piperazine rings is 1. The number of benzene rings is 1. The van der Waals surface area contributed by atoms with Crippen LogP contribution in [-0.4, -0.2) is 49.2 Å². The molecule has 0 aliphatic carbocycles. The van der Waals surface area contributed by atoms with E-state index in [1.54, 1.807) is 0 Å². The summed E-state index contributed by atoms with van der Waals surface area (Å²) in [6, 6.07) is 12.0. The van der Waals surface area contributed by atoms with E-state index < -0.39 is 0 Å². The average Bonchev–Trinajstić information content (AvgIpc) is 2.63. The number of anilines is 2. The van der Waals surface area contributed by atoms with Gasteiger partial charge in [-0.2, -0.15) is 0 Å². The third kappa shape index (κ3) is 4.38. The van der Waals surface area contributed by atoms with E-state index in [9.17, 15) is 0 Å². The van der Waals surface area contributed by atoms with Crippen LogP contribution in [0.2, 0.25) is 0 Å². The third-order valence-electron chi connectivity index (χ3n) is 4.48. The Bertz CT molecular complexity index is 639. The third-order valence-corrected chi connectivity index (χ3v) is 4.48. The number of hydrogen-bond acceptors (Lipinski definition) is 5. The first-order valence-corrected chi connectivity index (χ1v) is 8.59. The first kappa shape index (κ1) is 16.6. The van der Waals surface area contributed by atoms with Crippen LogP contribution in [0.1, 0.15) is 12.0 Å². The Kier molecular flexibility index (Phi) is 5.54. The molecule has 0 amide bonds. The van der Waals surface area contributed by atoms with Crippen LogP contribution in [0.4, 0.5) is 11.5 Å². The maximum Gasteiger partial charge on any atom is 0.128 e. The minimum atomic E-state index is 0.725. The van der Waals surface area contributed by atoms with Crippen molar-refractivity contribution in [2.75, 3.05) is 50.0 Å². The molecule has 2 N–H and O–H groups in total. The summed E-state index contributed by atoms with van der Waals surface area (Å²) in [6.07, 6.45) is 2.88. The molecular formula is C19H26N4O. The summed E-state index contributed by atoms with van der Waals surface area (Å²) in [5, 5.41) is 0.